The monoisotopic (exact) mass is 260 g/mol. The molecule has 1 unspecified atom stereocenters. The van der Waals surface area contributed by atoms with Crippen LogP contribution in [0.15, 0.2) is 12.0 Å². The second kappa shape index (κ2) is 6.49. The first-order valence-electron chi connectivity index (χ1n) is 6.19. The van der Waals surface area contributed by atoms with E-state index in [4.69, 9.17) is 8.85 Å². The third-order valence-electron chi connectivity index (χ3n) is 2.21. The second-order valence-electron chi connectivity index (χ2n) is 5.97. The maximum absolute atomic E-state index is 5.98. The standard InChI is InChI=1S/C12H28O2Si2/c1-10(2)11(3)9-12(13-15(4)5)14-16(6,7)8/h9-11,15H,1-8H3/b12-9+. The highest BCUT2D eigenvalue weighted by molar-refractivity contribution is 6.70. The summed E-state index contributed by atoms with van der Waals surface area (Å²) < 4.78 is 11.8. The largest absolute Gasteiger partial charge is 0.523 e. The molecule has 0 heterocycles. The molecule has 0 radical (unpaired) electrons. The van der Waals surface area contributed by atoms with Gasteiger partial charge in [-0.2, -0.15) is 0 Å². The van der Waals surface area contributed by atoms with Crippen LogP contribution in [0.3, 0.4) is 0 Å². The SMILES string of the molecule is CC(C)C(C)/C=C(\O[SiH](C)C)O[Si](C)(C)C. The van der Waals surface area contributed by atoms with Gasteiger partial charge in [-0.25, -0.2) is 0 Å². The highest BCUT2D eigenvalue weighted by Gasteiger charge is 2.20. The van der Waals surface area contributed by atoms with Crippen molar-refractivity contribution in [3.05, 3.63) is 12.0 Å². The molecule has 0 aliphatic carbocycles. The molecule has 2 nitrogen and oxygen atoms in total. The minimum atomic E-state index is -1.56. The second-order valence-corrected chi connectivity index (χ2v) is 12.7. The average molecular weight is 261 g/mol. The summed E-state index contributed by atoms with van der Waals surface area (Å²) in [6, 6.07) is 0. The number of hydrogen-bond acceptors (Lipinski definition) is 2. The normalized spacial score (nSPS) is 15.5. The van der Waals surface area contributed by atoms with Gasteiger partial charge in [0.05, 0.1) is 0 Å². The summed E-state index contributed by atoms with van der Waals surface area (Å²) in [6.07, 6.45) is 2.15. The van der Waals surface area contributed by atoms with E-state index >= 15 is 0 Å². The Kier molecular flexibility index (Phi) is 6.40. The van der Waals surface area contributed by atoms with E-state index in [0.717, 1.165) is 5.95 Å². The van der Waals surface area contributed by atoms with Crippen molar-refractivity contribution in [2.45, 2.75) is 53.5 Å². The van der Waals surface area contributed by atoms with E-state index in [1.807, 2.05) is 0 Å². The molecule has 0 rings (SSSR count). The third kappa shape index (κ3) is 7.99. The summed E-state index contributed by atoms with van der Waals surface area (Å²) in [5.41, 5.74) is 0. The molecule has 0 aliphatic rings. The molecule has 0 aliphatic heterocycles. The predicted octanol–water partition coefficient (Wildman–Crippen LogP) is 3.97. The molecule has 0 saturated carbocycles. The molecule has 1 atom stereocenters. The Bertz CT molecular complexity index is 230. The molecule has 0 N–H and O–H groups in total. The van der Waals surface area contributed by atoms with Gasteiger partial charge in [0.1, 0.15) is 0 Å². The summed E-state index contributed by atoms with van der Waals surface area (Å²) in [5.74, 6) is 1.90. The van der Waals surface area contributed by atoms with E-state index in [-0.39, 0.29) is 0 Å². The minimum absolute atomic E-state index is 0.499. The number of rotatable bonds is 6. The minimum Gasteiger partial charge on any atom is -0.523 e. The molecule has 0 fully saturated rings. The lowest BCUT2D eigenvalue weighted by Gasteiger charge is -2.25. The van der Waals surface area contributed by atoms with Crippen molar-refractivity contribution >= 4 is 17.4 Å². The van der Waals surface area contributed by atoms with Crippen molar-refractivity contribution in [2.24, 2.45) is 11.8 Å². The Morgan fingerprint density at radius 1 is 1.12 bits per heavy atom. The van der Waals surface area contributed by atoms with Gasteiger partial charge in [0.2, 0.25) is 23.3 Å². The van der Waals surface area contributed by atoms with Crippen LogP contribution >= 0.6 is 0 Å². The third-order valence-corrected chi connectivity index (χ3v) is 3.73. The molecule has 0 bridgehead atoms. The summed E-state index contributed by atoms with van der Waals surface area (Å²) in [4.78, 5) is 0. The molecular formula is C12H28O2Si2. The van der Waals surface area contributed by atoms with Crippen molar-refractivity contribution in [1.82, 2.24) is 0 Å². The number of allylic oxidation sites excluding steroid dienone is 1. The fraction of sp³-hybridized carbons (Fsp3) is 0.833. The molecule has 0 amide bonds. The van der Waals surface area contributed by atoms with E-state index in [2.05, 4.69) is 59.6 Å². The Labute approximate surface area is 104 Å². The molecule has 0 saturated heterocycles. The summed E-state index contributed by atoms with van der Waals surface area (Å²) in [6.45, 7) is 17.6. The van der Waals surface area contributed by atoms with Gasteiger partial charge in [-0.3, -0.25) is 0 Å². The first-order valence-corrected chi connectivity index (χ1v) is 12.4. The maximum atomic E-state index is 5.98. The van der Waals surface area contributed by atoms with Gasteiger partial charge in [0, 0.05) is 0 Å². The van der Waals surface area contributed by atoms with Gasteiger partial charge < -0.3 is 8.85 Å². The molecule has 16 heavy (non-hydrogen) atoms. The molecule has 0 aromatic heterocycles. The zero-order chi connectivity index (χ0) is 12.9. The van der Waals surface area contributed by atoms with E-state index < -0.39 is 17.4 Å². The Balaban J connectivity index is 4.66. The van der Waals surface area contributed by atoms with Gasteiger partial charge in [0.25, 0.3) is 0 Å². The van der Waals surface area contributed by atoms with Crippen LogP contribution in [0.4, 0.5) is 0 Å². The van der Waals surface area contributed by atoms with Crippen LogP contribution in [0.2, 0.25) is 32.7 Å². The zero-order valence-corrected chi connectivity index (χ0v) is 14.3. The van der Waals surface area contributed by atoms with Crippen LogP contribution in [0, 0.1) is 11.8 Å². The van der Waals surface area contributed by atoms with E-state index in [9.17, 15) is 0 Å². The van der Waals surface area contributed by atoms with E-state index in [1.165, 1.54) is 0 Å². The van der Waals surface area contributed by atoms with Gasteiger partial charge >= 0.3 is 0 Å². The van der Waals surface area contributed by atoms with Crippen molar-refractivity contribution in [3.63, 3.8) is 0 Å². The Morgan fingerprint density at radius 2 is 1.62 bits per heavy atom. The highest BCUT2D eigenvalue weighted by Crippen LogP contribution is 2.18. The average Bonchev–Trinajstić information content (AvgIpc) is 1.98. The Morgan fingerprint density at radius 3 is 1.94 bits per heavy atom. The van der Waals surface area contributed by atoms with Gasteiger partial charge in [-0.05, 0) is 50.6 Å². The van der Waals surface area contributed by atoms with E-state index in [1.54, 1.807) is 0 Å². The molecule has 4 heteroatoms. The fourth-order valence-electron chi connectivity index (χ4n) is 1.04. The van der Waals surface area contributed by atoms with Crippen molar-refractivity contribution < 1.29 is 8.85 Å². The van der Waals surface area contributed by atoms with Crippen molar-refractivity contribution in [3.8, 4) is 0 Å². The van der Waals surface area contributed by atoms with Crippen LogP contribution in [0.1, 0.15) is 20.8 Å². The van der Waals surface area contributed by atoms with E-state index in [0.29, 0.717) is 11.8 Å². The highest BCUT2D eigenvalue weighted by atomic mass is 28.4. The van der Waals surface area contributed by atoms with Crippen LogP contribution in [0.25, 0.3) is 0 Å². The van der Waals surface area contributed by atoms with Gasteiger partial charge in [0.15, 0.2) is 0 Å². The molecule has 96 valence electrons. The molecule has 0 aromatic carbocycles. The maximum Gasteiger partial charge on any atom is 0.247 e. The quantitative estimate of drug-likeness (QED) is 0.531. The van der Waals surface area contributed by atoms with Crippen LogP contribution < -0.4 is 0 Å². The van der Waals surface area contributed by atoms with Crippen LogP contribution in [-0.4, -0.2) is 17.4 Å². The topological polar surface area (TPSA) is 18.5 Å². The lowest BCUT2D eigenvalue weighted by molar-refractivity contribution is 0.216. The zero-order valence-electron chi connectivity index (χ0n) is 12.1. The first kappa shape index (κ1) is 15.8. The predicted molar refractivity (Wildman–Crippen MR) is 76.5 cm³/mol. The van der Waals surface area contributed by atoms with Crippen molar-refractivity contribution in [2.75, 3.05) is 0 Å². The number of hydrogen-bond donors (Lipinski definition) is 0. The molecule has 0 aromatic rings. The Hall–Kier alpha value is -0.226. The van der Waals surface area contributed by atoms with Crippen molar-refractivity contribution in [1.29, 1.82) is 0 Å². The van der Waals surface area contributed by atoms with Gasteiger partial charge in [-0.15, -0.1) is 0 Å². The smallest absolute Gasteiger partial charge is 0.247 e. The summed E-state index contributed by atoms with van der Waals surface area (Å²) in [5, 5.41) is 0. The lowest BCUT2D eigenvalue weighted by atomic mass is 9.98. The fourth-order valence-corrected chi connectivity index (χ4v) is 2.45. The van der Waals surface area contributed by atoms with Crippen LogP contribution in [-0.2, 0) is 8.85 Å². The van der Waals surface area contributed by atoms with Crippen LogP contribution in [0.5, 0.6) is 0 Å². The first-order chi connectivity index (χ1) is 7.11. The van der Waals surface area contributed by atoms with Gasteiger partial charge in [-0.1, -0.05) is 20.8 Å². The lowest BCUT2D eigenvalue weighted by Crippen LogP contribution is -2.27. The summed E-state index contributed by atoms with van der Waals surface area (Å²) >= 11 is 0. The molecule has 0 spiro atoms. The molecular weight excluding hydrogens is 232 g/mol. The summed E-state index contributed by atoms with van der Waals surface area (Å²) in [7, 11) is -2.64.